The number of carbonyl (C=O) groups is 1. The molecular weight excluding hydrogens is 274 g/mol. The van der Waals surface area contributed by atoms with Gasteiger partial charge in [0.15, 0.2) is 0 Å². The molecule has 1 amide bonds. The number of nitrogens with zero attached hydrogens (tertiary/aromatic N) is 2. The molecule has 0 radical (unpaired) electrons. The first kappa shape index (κ1) is 15.5. The zero-order valence-corrected chi connectivity index (χ0v) is 13.3. The van der Waals surface area contributed by atoms with Crippen molar-refractivity contribution in [2.45, 2.75) is 50.7 Å². The van der Waals surface area contributed by atoms with Crippen LogP contribution in [0.2, 0.25) is 0 Å². The Morgan fingerprint density at radius 2 is 1.91 bits per heavy atom. The summed E-state index contributed by atoms with van der Waals surface area (Å²) in [6.07, 6.45) is 5.66. The van der Waals surface area contributed by atoms with Crippen LogP contribution in [0.15, 0.2) is 30.3 Å². The normalized spacial score (nSPS) is 27.6. The van der Waals surface area contributed by atoms with Gasteiger partial charge in [-0.3, -0.25) is 14.6 Å². The van der Waals surface area contributed by atoms with Crippen LogP contribution in [0.3, 0.4) is 0 Å². The van der Waals surface area contributed by atoms with Crippen LogP contribution in [-0.2, 0) is 11.3 Å². The molecule has 2 saturated heterocycles. The second-order valence-corrected chi connectivity index (χ2v) is 6.67. The van der Waals surface area contributed by atoms with Crippen molar-refractivity contribution >= 4 is 5.91 Å². The lowest BCUT2D eigenvalue weighted by Crippen LogP contribution is -2.56. The first-order valence-electron chi connectivity index (χ1n) is 8.55. The van der Waals surface area contributed by atoms with Gasteiger partial charge in [-0.15, -0.1) is 0 Å². The molecule has 2 unspecified atom stereocenters. The first-order chi connectivity index (χ1) is 10.7. The maximum Gasteiger partial charge on any atom is 0.234 e. The summed E-state index contributed by atoms with van der Waals surface area (Å²) in [7, 11) is 0. The summed E-state index contributed by atoms with van der Waals surface area (Å²) in [5.41, 5.74) is 7.00. The molecule has 2 fully saturated rings. The van der Waals surface area contributed by atoms with Crippen LogP contribution in [0.25, 0.3) is 0 Å². The topological polar surface area (TPSA) is 49.6 Å². The van der Waals surface area contributed by atoms with E-state index in [0.717, 1.165) is 39.0 Å². The molecule has 0 spiro atoms. The Hall–Kier alpha value is -1.39. The molecule has 0 aliphatic carbocycles. The Balaban J connectivity index is 1.63. The van der Waals surface area contributed by atoms with Gasteiger partial charge < -0.3 is 5.73 Å². The highest BCUT2D eigenvalue weighted by Gasteiger charge is 2.34. The van der Waals surface area contributed by atoms with Crippen molar-refractivity contribution in [3.63, 3.8) is 0 Å². The number of piperidine rings is 2. The second kappa shape index (κ2) is 7.25. The smallest absolute Gasteiger partial charge is 0.234 e. The molecule has 0 bridgehead atoms. The molecule has 4 heteroatoms. The van der Waals surface area contributed by atoms with E-state index in [2.05, 4.69) is 40.1 Å². The first-order valence-corrected chi connectivity index (χ1v) is 8.55. The van der Waals surface area contributed by atoms with Crippen LogP contribution in [0, 0.1) is 0 Å². The fourth-order valence-corrected chi connectivity index (χ4v) is 3.98. The highest BCUT2D eigenvalue weighted by Crippen LogP contribution is 2.25. The summed E-state index contributed by atoms with van der Waals surface area (Å²) in [5.74, 6) is -0.139. The van der Waals surface area contributed by atoms with Crippen LogP contribution in [-0.4, -0.2) is 47.4 Å². The Labute approximate surface area is 133 Å². The lowest BCUT2D eigenvalue weighted by Gasteiger charge is -2.44. The maximum absolute atomic E-state index is 11.7. The molecular formula is C18H27N3O. The monoisotopic (exact) mass is 301 g/mol. The Morgan fingerprint density at radius 3 is 2.68 bits per heavy atom. The van der Waals surface area contributed by atoms with Crippen LogP contribution < -0.4 is 5.73 Å². The van der Waals surface area contributed by atoms with Gasteiger partial charge in [-0.2, -0.15) is 0 Å². The quantitative estimate of drug-likeness (QED) is 0.925. The number of carbonyl (C=O) groups excluding carboxylic acids is 1. The predicted octanol–water partition coefficient (Wildman–Crippen LogP) is 1.99. The molecule has 2 aliphatic heterocycles. The van der Waals surface area contributed by atoms with E-state index in [1.54, 1.807) is 0 Å². The van der Waals surface area contributed by atoms with Crippen molar-refractivity contribution < 1.29 is 4.79 Å². The van der Waals surface area contributed by atoms with Crippen LogP contribution in [0.1, 0.15) is 37.7 Å². The third-order valence-corrected chi connectivity index (χ3v) is 5.07. The lowest BCUT2D eigenvalue weighted by molar-refractivity contribution is -0.126. The number of primary amides is 1. The second-order valence-electron chi connectivity index (χ2n) is 6.67. The number of rotatable bonds is 4. The number of hydrogen-bond acceptors (Lipinski definition) is 3. The van der Waals surface area contributed by atoms with Crippen LogP contribution >= 0.6 is 0 Å². The summed E-state index contributed by atoms with van der Waals surface area (Å²) in [5, 5.41) is 0. The average molecular weight is 301 g/mol. The van der Waals surface area contributed by atoms with E-state index < -0.39 is 0 Å². The minimum Gasteiger partial charge on any atom is -0.368 e. The Morgan fingerprint density at radius 1 is 1.09 bits per heavy atom. The maximum atomic E-state index is 11.7. The number of nitrogens with two attached hydrogens (primary N) is 1. The van der Waals surface area contributed by atoms with Gasteiger partial charge in [0.05, 0.1) is 6.04 Å². The Bertz CT molecular complexity index is 490. The van der Waals surface area contributed by atoms with Crippen molar-refractivity contribution in [3.8, 4) is 0 Å². The lowest BCUT2D eigenvalue weighted by atomic mass is 9.95. The predicted molar refractivity (Wildman–Crippen MR) is 88.3 cm³/mol. The van der Waals surface area contributed by atoms with Crippen molar-refractivity contribution in [3.05, 3.63) is 35.9 Å². The van der Waals surface area contributed by atoms with E-state index in [9.17, 15) is 4.79 Å². The summed E-state index contributed by atoms with van der Waals surface area (Å²) in [6, 6.07) is 11.1. The number of likely N-dealkylation sites (tertiary alicyclic amines) is 2. The third kappa shape index (κ3) is 3.68. The van der Waals surface area contributed by atoms with Gasteiger partial charge in [-0.25, -0.2) is 0 Å². The van der Waals surface area contributed by atoms with Gasteiger partial charge >= 0.3 is 0 Å². The molecule has 2 aliphatic rings. The van der Waals surface area contributed by atoms with Crippen molar-refractivity contribution in [2.75, 3.05) is 19.6 Å². The highest BCUT2D eigenvalue weighted by molar-refractivity contribution is 5.80. The van der Waals surface area contributed by atoms with Gasteiger partial charge in [0.1, 0.15) is 0 Å². The minimum atomic E-state index is -0.139. The van der Waals surface area contributed by atoms with E-state index in [-0.39, 0.29) is 11.9 Å². The molecule has 3 rings (SSSR count). The summed E-state index contributed by atoms with van der Waals surface area (Å²) in [6.45, 7) is 4.24. The Kier molecular flexibility index (Phi) is 5.11. The third-order valence-electron chi connectivity index (χ3n) is 5.07. The summed E-state index contributed by atoms with van der Waals surface area (Å²) < 4.78 is 0. The van der Waals surface area contributed by atoms with Crippen LogP contribution in [0.5, 0.6) is 0 Å². The molecule has 1 aromatic rings. The molecule has 2 atom stereocenters. The van der Waals surface area contributed by atoms with Crippen LogP contribution in [0.4, 0.5) is 0 Å². The largest absolute Gasteiger partial charge is 0.368 e. The summed E-state index contributed by atoms with van der Waals surface area (Å²) >= 11 is 0. The van der Waals surface area contributed by atoms with E-state index in [0.29, 0.717) is 6.04 Å². The molecule has 1 aromatic carbocycles. The van der Waals surface area contributed by atoms with E-state index >= 15 is 0 Å². The van der Waals surface area contributed by atoms with E-state index in [4.69, 9.17) is 5.73 Å². The molecule has 2 heterocycles. The summed E-state index contributed by atoms with van der Waals surface area (Å²) in [4.78, 5) is 16.7. The SMILES string of the molecule is NC(=O)C1CCCCN1C1CCCN(Cc2ccccc2)C1. The average Bonchev–Trinajstić information content (AvgIpc) is 2.56. The number of hydrogen-bond donors (Lipinski definition) is 1. The minimum absolute atomic E-state index is 0.0459. The molecule has 0 aromatic heterocycles. The van der Waals surface area contributed by atoms with Gasteiger partial charge in [0.2, 0.25) is 5.91 Å². The van der Waals surface area contributed by atoms with E-state index in [1.807, 2.05) is 0 Å². The molecule has 120 valence electrons. The molecule has 2 N–H and O–H groups in total. The number of benzene rings is 1. The zero-order chi connectivity index (χ0) is 15.4. The highest BCUT2D eigenvalue weighted by atomic mass is 16.1. The van der Waals surface area contributed by atoms with Gasteiger partial charge in [0, 0.05) is 19.1 Å². The molecule has 0 saturated carbocycles. The van der Waals surface area contributed by atoms with Crippen molar-refractivity contribution in [1.29, 1.82) is 0 Å². The van der Waals surface area contributed by atoms with Crippen molar-refractivity contribution in [2.24, 2.45) is 5.73 Å². The molecule has 4 nitrogen and oxygen atoms in total. The fraction of sp³-hybridized carbons (Fsp3) is 0.611. The van der Waals surface area contributed by atoms with Gasteiger partial charge in [0.25, 0.3) is 0 Å². The zero-order valence-electron chi connectivity index (χ0n) is 13.3. The standard InChI is InChI=1S/C18H27N3O/c19-18(22)17-10-4-5-12-21(17)16-9-6-11-20(14-16)13-15-7-2-1-3-8-15/h1-3,7-8,16-17H,4-6,9-14H2,(H2,19,22). The van der Waals surface area contributed by atoms with E-state index in [1.165, 1.54) is 24.8 Å². The van der Waals surface area contributed by atoms with Gasteiger partial charge in [-0.05, 0) is 44.3 Å². The molecule has 22 heavy (non-hydrogen) atoms. The fourth-order valence-electron chi connectivity index (χ4n) is 3.98. The number of amides is 1. The van der Waals surface area contributed by atoms with Crippen molar-refractivity contribution in [1.82, 2.24) is 9.80 Å². The van der Waals surface area contributed by atoms with Gasteiger partial charge in [-0.1, -0.05) is 36.8 Å².